The Kier molecular flexibility index (Phi) is 7.88. The van der Waals surface area contributed by atoms with E-state index in [2.05, 4.69) is 0 Å². The van der Waals surface area contributed by atoms with Gasteiger partial charge in [-0.25, -0.2) is 0 Å². The third kappa shape index (κ3) is 5.94. The molecule has 0 saturated carbocycles. The fourth-order valence-corrected chi connectivity index (χ4v) is 5.75. The van der Waals surface area contributed by atoms with Gasteiger partial charge in [0.2, 0.25) is 0 Å². The number of benzene rings is 2. The molecule has 0 aliphatic heterocycles. The predicted molar refractivity (Wildman–Crippen MR) is 68.4 cm³/mol. The molecule has 0 N–H and O–H groups in total. The van der Waals surface area contributed by atoms with Gasteiger partial charge in [-0.1, -0.05) is 0 Å². The van der Waals surface area contributed by atoms with E-state index in [1.807, 2.05) is 0 Å². The Morgan fingerprint density at radius 3 is 1.27 bits per heavy atom. The molecule has 0 aliphatic carbocycles. The van der Waals surface area contributed by atoms with Crippen LogP contribution in [0, 0.1) is 34.9 Å². The Hall–Kier alpha value is -1.15. The molecule has 0 amide bonds. The van der Waals surface area contributed by atoms with E-state index in [9.17, 15) is 26.3 Å². The first-order valence-electron chi connectivity index (χ1n) is 7.05. The van der Waals surface area contributed by atoms with Crippen LogP contribution in [0.4, 0.5) is 26.3 Å². The fraction of sp³-hybridized carbons (Fsp3) is 0.0769. The molecule has 0 unspecified atom stereocenters. The van der Waals surface area contributed by atoms with Crippen molar-refractivity contribution in [1.82, 2.24) is 0 Å². The summed E-state index contributed by atoms with van der Waals surface area (Å²) < 4.78 is 99.0. The molecule has 0 aliphatic rings. The average molecular weight is 483 g/mol. The molecular weight excluding hydrogens is 476 g/mol. The molecule has 0 aromatic heterocycles. The van der Waals surface area contributed by atoms with E-state index in [1.54, 1.807) is 0 Å². The maximum atomic E-state index is 13.4. The van der Waals surface area contributed by atoms with Gasteiger partial charge in [-0.3, -0.25) is 0 Å². The van der Waals surface area contributed by atoms with E-state index in [0.717, 1.165) is 0 Å². The van der Waals surface area contributed by atoms with Crippen LogP contribution in [0.1, 0.15) is 0 Å². The molecule has 0 heterocycles. The first-order valence-corrected chi connectivity index (χ1v) is 11.9. The van der Waals surface area contributed by atoms with Gasteiger partial charge >= 0.3 is 161 Å². The minimum absolute atomic E-state index is 0.468. The summed E-state index contributed by atoms with van der Waals surface area (Å²) in [6, 6.07) is 1.87. The molecule has 0 saturated heterocycles. The summed E-state index contributed by atoms with van der Waals surface area (Å²) in [4.78, 5) is 0. The topological polar surface area (TPSA) is 36.9 Å². The third-order valence-corrected chi connectivity index (χ3v) is 7.18. The van der Waals surface area contributed by atoms with Crippen molar-refractivity contribution in [2.45, 2.75) is 6.19 Å². The van der Waals surface area contributed by atoms with Crippen LogP contribution in [0.5, 0.6) is 11.5 Å². The number of rotatable bonds is 8. The zero-order valence-corrected chi connectivity index (χ0v) is 19.1. The molecule has 2 rings (SSSR count). The van der Waals surface area contributed by atoms with Crippen molar-refractivity contribution >= 4 is 7.85 Å². The van der Waals surface area contributed by atoms with Gasteiger partial charge < -0.3 is 0 Å². The van der Waals surface area contributed by atoms with Gasteiger partial charge in [-0.05, 0) is 0 Å². The number of hydrogen-bond donors (Lipinski definition) is 0. The fourth-order valence-electron chi connectivity index (χ4n) is 1.76. The summed E-state index contributed by atoms with van der Waals surface area (Å²) in [5.74, 6) is -8.45. The number of hydrogen-bond acceptors (Lipinski definition) is 4. The first kappa shape index (κ1) is 21.2. The van der Waals surface area contributed by atoms with Crippen molar-refractivity contribution in [3.05, 3.63) is 59.2 Å². The van der Waals surface area contributed by atoms with Crippen molar-refractivity contribution in [1.29, 1.82) is 0 Å². The summed E-state index contributed by atoms with van der Waals surface area (Å²) in [7, 11) is 1.43. The minimum atomic E-state index is -2.41. The summed E-state index contributed by atoms with van der Waals surface area (Å²) in [6.07, 6.45) is -0.895. The van der Waals surface area contributed by atoms with Crippen LogP contribution in [-0.2, 0) is 42.8 Å². The number of halogens is 6. The van der Waals surface area contributed by atoms with Crippen molar-refractivity contribution in [3.63, 3.8) is 0 Å². The molecule has 0 bridgehead atoms. The van der Waals surface area contributed by atoms with Crippen LogP contribution in [0.25, 0.3) is 0 Å². The quantitative estimate of drug-likeness (QED) is 0.329. The molecular formula is C13H7BF6O4Zn2. The van der Waals surface area contributed by atoms with Crippen LogP contribution in [0.3, 0.4) is 0 Å². The Bertz CT molecular complexity index is 675. The molecule has 0 fully saturated rings. The zero-order valence-electron chi connectivity index (χ0n) is 13.2. The molecule has 0 spiro atoms. The van der Waals surface area contributed by atoms with E-state index in [4.69, 9.17) is 14.3 Å². The van der Waals surface area contributed by atoms with Gasteiger partial charge in [0.1, 0.15) is 0 Å². The SMILES string of the molecule is BC([O][Zn][O]c1c(F)cc(F)cc1F)[O][Zn][O]c1c(F)cc(F)cc1F. The second-order valence-electron chi connectivity index (χ2n) is 4.82. The van der Waals surface area contributed by atoms with Gasteiger partial charge in [0.25, 0.3) is 0 Å². The van der Waals surface area contributed by atoms with Gasteiger partial charge in [0.15, 0.2) is 0 Å². The van der Waals surface area contributed by atoms with E-state index in [-0.39, 0.29) is 0 Å². The zero-order chi connectivity index (χ0) is 19.3. The van der Waals surface area contributed by atoms with Crippen LogP contribution in [-0.4, -0.2) is 14.0 Å². The Morgan fingerprint density at radius 1 is 0.654 bits per heavy atom. The Morgan fingerprint density at radius 2 is 0.962 bits per heavy atom. The first-order chi connectivity index (χ1) is 12.3. The molecule has 2 aromatic carbocycles. The summed E-state index contributed by atoms with van der Waals surface area (Å²) in [5, 5.41) is 0. The summed E-state index contributed by atoms with van der Waals surface area (Å²) in [5.41, 5.74) is 0. The second-order valence-corrected chi connectivity index (χ2v) is 8.42. The van der Waals surface area contributed by atoms with Crippen LogP contribution in [0.2, 0.25) is 0 Å². The second kappa shape index (κ2) is 9.69. The van der Waals surface area contributed by atoms with Crippen molar-refractivity contribution < 1.29 is 76.3 Å². The van der Waals surface area contributed by atoms with E-state index in [1.165, 1.54) is 7.85 Å². The Balaban J connectivity index is 1.77. The van der Waals surface area contributed by atoms with Crippen LogP contribution >= 0.6 is 0 Å². The van der Waals surface area contributed by atoms with Gasteiger partial charge in [-0.15, -0.1) is 0 Å². The van der Waals surface area contributed by atoms with E-state index >= 15 is 0 Å². The van der Waals surface area contributed by atoms with E-state index in [0.29, 0.717) is 24.3 Å². The monoisotopic (exact) mass is 480 g/mol. The van der Waals surface area contributed by atoms with E-state index < -0.39 is 88.3 Å². The normalized spacial score (nSPS) is 10.4. The molecule has 132 valence electrons. The summed E-state index contributed by atoms with van der Waals surface area (Å²) >= 11 is -4.82. The Labute approximate surface area is 161 Å². The summed E-state index contributed by atoms with van der Waals surface area (Å²) in [6.45, 7) is 0. The van der Waals surface area contributed by atoms with Gasteiger partial charge in [-0.2, -0.15) is 0 Å². The van der Waals surface area contributed by atoms with Crippen LogP contribution < -0.4 is 7.13 Å². The van der Waals surface area contributed by atoms with Crippen molar-refractivity contribution in [2.24, 2.45) is 0 Å². The molecule has 2 aromatic rings. The predicted octanol–water partition coefficient (Wildman–Crippen LogP) is 2.75. The molecule has 13 heteroatoms. The van der Waals surface area contributed by atoms with Crippen molar-refractivity contribution in [2.75, 3.05) is 0 Å². The van der Waals surface area contributed by atoms with Crippen LogP contribution in [0.15, 0.2) is 24.3 Å². The molecule has 0 radical (unpaired) electrons. The third-order valence-electron chi connectivity index (χ3n) is 2.94. The van der Waals surface area contributed by atoms with Gasteiger partial charge in [0.05, 0.1) is 0 Å². The van der Waals surface area contributed by atoms with Gasteiger partial charge in [0, 0.05) is 0 Å². The molecule has 4 nitrogen and oxygen atoms in total. The standard InChI is InChI=1S/2C6H3F3O.CH3BO2.2Zn/c2*7-3-1-4(8)6(10)5(9)2-3;2-1(3)4;;/h2*1-2,10H;1H,2H2;;/q;;-2;2*+2/p-2. The maximum absolute atomic E-state index is 13.4. The average Bonchev–Trinajstić information content (AvgIpc) is 2.52. The van der Waals surface area contributed by atoms with Crippen molar-refractivity contribution in [3.8, 4) is 11.5 Å². The molecule has 0 atom stereocenters. The molecule has 26 heavy (non-hydrogen) atoms.